The van der Waals surface area contributed by atoms with Gasteiger partial charge in [-0.15, -0.1) is 11.3 Å². The predicted molar refractivity (Wildman–Crippen MR) is 110 cm³/mol. The highest BCUT2D eigenvalue weighted by molar-refractivity contribution is 7.16. The van der Waals surface area contributed by atoms with E-state index in [-0.39, 0.29) is 31.4 Å². The lowest BCUT2D eigenvalue weighted by molar-refractivity contribution is -0.122. The lowest BCUT2D eigenvalue weighted by atomic mass is 10.1. The number of nitrogens with one attached hydrogen (secondary N) is 1. The molecule has 0 bridgehead atoms. The maximum atomic E-state index is 12.8. The molecule has 0 saturated carbocycles. The molecule has 2 heterocycles. The van der Waals surface area contributed by atoms with Gasteiger partial charge in [-0.05, 0) is 50.6 Å². The van der Waals surface area contributed by atoms with Crippen molar-refractivity contribution in [2.75, 3.05) is 23.4 Å². The fraction of sp³-hybridized carbons (Fsp3) is 0.350. The minimum Gasteiger partial charge on any atom is -0.462 e. The summed E-state index contributed by atoms with van der Waals surface area (Å²) in [5, 5.41) is 3.89. The number of thiophene rings is 1. The van der Waals surface area contributed by atoms with Crippen LogP contribution in [0.3, 0.4) is 0 Å². The van der Waals surface area contributed by atoms with Crippen LogP contribution in [0.2, 0.25) is 5.02 Å². The van der Waals surface area contributed by atoms with Crippen LogP contribution in [0.1, 0.15) is 34.1 Å². The lowest BCUT2D eigenvalue weighted by Gasteiger charge is -2.16. The highest BCUT2D eigenvalue weighted by Gasteiger charge is 2.36. The van der Waals surface area contributed by atoms with Crippen molar-refractivity contribution < 1.29 is 19.1 Å². The van der Waals surface area contributed by atoms with E-state index in [4.69, 9.17) is 16.3 Å². The molecule has 1 aromatic carbocycles. The summed E-state index contributed by atoms with van der Waals surface area (Å²) in [4.78, 5) is 40.0. The topological polar surface area (TPSA) is 75.7 Å². The molecule has 6 nitrogen and oxygen atoms in total. The van der Waals surface area contributed by atoms with Crippen molar-refractivity contribution in [3.05, 3.63) is 45.3 Å². The van der Waals surface area contributed by atoms with E-state index in [2.05, 4.69) is 5.32 Å². The summed E-state index contributed by atoms with van der Waals surface area (Å²) in [5.41, 5.74) is 1.89. The number of amides is 2. The van der Waals surface area contributed by atoms with E-state index in [0.717, 1.165) is 10.4 Å². The van der Waals surface area contributed by atoms with Gasteiger partial charge in [0.2, 0.25) is 11.8 Å². The number of carbonyl (C=O) groups excluding carboxylic acids is 3. The highest BCUT2D eigenvalue weighted by Crippen LogP contribution is 2.34. The van der Waals surface area contributed by atoms with E-state index >= 15 is 0 Å². The molecule has 148 valence electrons. The standard InChI is InChI=1S/C20H21ClN2O4S/c1-4-27-20(26)17-11(2)12(3)28-19(17)22-18(25)13-9-16(24)23(10-13)15-7-5-14(21)6-8-15/h5-8,13H,4,9-10H2,1-3H3,(H,22,25)/t13-/m0/s1. The van der Waals surface area contributed by atoms with Crippen LogP contribution in [-0.4, -0.2) is 30.9 Å². The van der Waals surface area contributed by atoms with E-state index in [1.165, 1.54) is 11.3 Å². The van der Waals surface area contributed by atoms with Crippen LogP contribution in [0.5, 0.6) is 0 Å². The molecule has 0 spiro atoms. The number of anilines is 2. The van der Waals surface area contributed by atoms with Crippen LogP contribution in [0, 0.1) is 19.8 Å². The first-order chi connectivity index (χ1) is 13.3. The summed E-state index contributed by atoms with van der Waals surface area (Å²) in [5.74, 6) is -1.35. The smallest absolute Gasteiger partial charge is 0.341 e. The number of esters is 1. The van der Waals surface area contributed by atoms with Gasteiger partial charge in [0, 0.05) is 28.6 Å². The van der Waals surface area contributed by atoms with Gasteiger partial charge in [0.05, 0.1) is 18.1 Å². The molecule has 0 aliphatic carbocycles. The number of nitrogens with zero attached hydrogens (tertiary/aromatic N) is 1. The van der Waals surface area contributed by atoms with Crippen LogP contribution in [0.25, 0.3) is 0 Å². The average molecular weight is 421 g/mol. The van der Waals surface area contributed by atoms with Crippen molar-refractivity contribution in [3.8, 4) is 0 Å². The fourth-order valence-corrected chi connectivity index (χ4v) is 4.31. The second-order valence-electron chi connectivity index (χ2n) is 6.58. The average Bonchev–Trinajstić information content (AvgIpc) is 3.16. The van der Waals surface area contributed by atoms with Crippen molar-refractivity contribution >= 4 is 51.4 Å². The van der Waals surface area contributed by atoms with Crippen LogP contribution in [0.4, 0.5) is 10.7 Å². The predicted octanol–water partition coefficient (Wildman–Crippen LogP) is 4.19. The number of carbonyl (C=O) groups is 3. The molecule has 1 aliphatic rings. The van der Waals surface area contributed by atoms with Gasteiger partial charge in [-0.25, -0.2) is 4.79 Å². The molecule has 2 aromatic rings. The third-order valence-electron chi connectivity index (χ3n) is 4.74. The van der Waals surface area contributed by atoms with Crippen molar-refractivity contribution in [2.45, 2.75) is 27.2 Å². The number of benzene rings is 1. The largest absolute Gasteiger partial charge is 0.462 e. The zero-order chi connectivity index (χ0) is 20.4. The summed E-state index contributed by atoms with van der Waals surface area (Å²) in [6.45, 7) is 5.99. The maximum Gasteiger partial charge on any atom is 0.341 e. The minimum absolute atomic E-state index is 0.118. The first-order valence-corrected chi connectivity index (χ1v) is 10.1. The fourth-order valence-electron chi connectivity index (χ4n) is 3.13. The molecule has 0 radical (unpaired) electrons. The van der Waals surface area contributed by atoms with Crippen molar-refractivity contribution in [1.29, 1.82) is 0 Å². The molecule has 8 heteroatoms. The molecular formula is C20H21ClN2O4S. The molecule has 0 unspecified atom stereocenters. The third kappa shape index (κ3) is 4.05. The molecule has 1 saturated heterocycles. The van der Waals surface area contributed by atoms with Crippen LogP contribution in [0.15, 0.2) is 24.3 Å². The highest BCUT2D eigenvalue weighted by atomic mass is 35.5. The molecule has 1 aliphatic heterocycles. The Morgan fingerprint density at radius 1 is 1.29 bits per heavy atom. The van der Waals surface area contributed by atoms with E-state index in [1.807, 2.05) is 13.8 Å². The van der Waals surface area contributed by atoms with Gasteiger partial charge in [-0.2, -0.15) is 0 Å². The number of aryl methyl sites for hydroxylation is 1. The zero-order valence-electron chi connectivity index (χ0n) is 15.9. The van der Waals surface area contributed by atoms with Gasteiger partial charge in [0.15, 0.2) is 0 Å². The third-order valence-corrected chi connectivity index (χ3v) is 6.11. The zero-order valence-corrected chi connectivity index (χ0v) is 17.4. The summed E-state index contributed by atoms with van der Waals surface area (Å²) in [6, 6.07) is 6.93. The first-order valence-electron chi connectivity index (χ1n) is 8.95. The van der Waals surface area contributed by atoms with Crippen molar-refractivity contribution in [2.24, 2.45) is 5.92 Å². The lowest BCUT2D eigenvalue weighted by Crippen LogP contribution is -2.28. The van der Waals surface area contributed by atoms with Crippen molar-refractivity contribution in [1.82, 2.24) is 0 Å². The molecular weight excluding hydrogens is 400 g/mol. The Hall–Kier alpha value is -2.38. The monoisotopic (exact) mass is 420 g/mol. The Kier molecular flexibility index (Phi) is 6.05. The first kappa shape index (κ1) is 20.4. The number of hydrogen-bond donors (Lipinski definition) is 1. The second kappa shape index (κ2) is 8.32. The van der Waals surface area contributed by atoms with Gasteiger partial charge in [0.25, 0.3) is 0 Å². The Morgan fingerprint density at radius 2 is 1.96 bits per heavy atom. The Balaban J connectivity index is 1.76. The van der Waals surface area contributed by atoms with Gasteiger partial charge in [-0.3, -0.25) is 9.59 Å². The molecule has 28 heavy (non-hydrogen) atoms. The SMILES string of the molecule is CCOC(=O)c1c(NC(=O)[C@H]2CC(=O)N(c3ccc(Cl)cc3)C2)sc(C)c1C. The van der Waals surface area contributed by atoms with Crippen molar-refractivity contribution in [3.63, 3.8) is 0 Å². The van der Waals surface area contributed by atoms with E-state index in [9.17, 15) is 14.4 Å². The van der Waals surface area contributed by atoms with Gasteiger partial charge >= 0.3 is 5.97 Å². The van der Waals surface area contributed by atoms with Crippen LogP contribution >= 0.6 is 22.9 Å². The normalized spacial score (nSPS) is 16.4. The van der Waals surface area contributed by atoms with E-state index in [1.54, 1.807) is 36.1 Å². The summed E-state index contributed by atoms with van der Waals surface area (Å²) in [7, 11) is 0. The summed E-state index contributed by atoms with van der Waals surface area (Å²) >= 11 is 7.23. The van der Waals surface area contributed by atoms with Gasteiger partial charge in [-0.1, -0.05) is 11.6 Å². The quantitative estimate of drug-likeness (QED) is 0.736. The molecule has 3 rings (SSSR count). The number of halogens is 1. The minimum atomic E-state index is -0.499. The van der Waals surface area contributed by atoms with Gasteiger partial charge in [0.1, 0.15) is 5.00 Å². The van der Waals surface area contributed by atoms with Gasteiger partial charge < -0.3 is 15.0 Å². The van der Waals surface area contributed by atoms with E-state index in [0.29, 0.717) is 21.3 Å². The summed E-state index contributed by atoms with van der Waals surface area (Å²) < 4.78 is 5.11. The van der Waals surface area contributed by atoms with E-state index < -0.39 is 11.9 Å². The van der Waals surface area contributed by atoms with Crippen LogP contribution in [-0.2, 0) is 14.3 Å². The number of rotatable bonds is 5. The molecule has 1 aromatic heterocycles. The summed E-state index contributed by atoms with van der Waals surface area (Å²) in [6.07, 6.45) is 0.118. The molecule has 1 N–H and O–H groups in total. The maximum absolute atomic E-state index is 12.8. The molecule has 1 atom stereocenters. The Bertz CT molecular complexity index is 923. The Labute approximate surface area is 172 Å². The number of hydrogen-bond acceptors (Lipinski definition) is 5. The van der Waals surface area contributed by atoms with Crippen LogP contribution < -0.4 is 10.2 Å². The number of ether oxygens (including phenoxy) is 1. The Morgan fingerprint density at radius 3 is 2.61 bits per heavy atom. The second-order valence-corrected chi connectivity index (χ2v) is 8.24. The molecule has 1 fully saturated rings. The molecule has 2 amide bonds.